The fourth-order valence-electron chi connectivity index (χ4n) is 1.86. The number of halogens is 4. The molecule has 0 amide bonds. The van der Waals surface area contributed by atoms with Crippen molar-refractivity contribution in [2.75, 3.05) is 11.8 Å². The van der Waals surface area contributed by atoms with Crippen molar-refractivity contribution in [3.8, 4) is 11.5 Å². The number of methoxy groups -OCH3 is 1. The van der Waals surface area contributed by atoms with Crippen molar-refractivity contribution >= 4 is 15.7 Å². The molecule has 0 aliphatic rings. The van der Waals surface area contributed by atoms with Crippen LogP contribution in [-0.2, 0) is 16.2 Å². The van der Waals surface area contributed by atoms with Gasteiger partial charge in [0.2, 0.25) is 0 Å². The van der Waals surface area contributed by atoms with Crippen LogP contribution in [0.4, 0.5) is 23.2 Å². The SMILES string of the molecule is COc1ccc(S(=O)(=O)Nc2ccc(C(F)(F)F)c(O)c2)cc1F. The summed E-state index contributed by atoms with van der Waals surface area (Å²) in [6, 6.07) is 4.83. The summed E-state index contributed by atoms with van der Waals surface area (Å²) in [5.74, 6) is -2.22. The van der Waals surface area contributed by atoms with E-state index in [0.717, 1.165) is 18.2 Å². The van der Waals surface area contributed by atoms with Crippen molar-refractivity contribution in [2.45, 2.75) is 11.1 Å². The number of hydrogen-bond donors (Lipinski definition) is 2. The Labute approximate surface area is 134 Å². The van der Waals surface area contributed by atoms with Gasteiger partial charge in [0.25, 0.3) is 10.0 Å². The van der Waals surface area contributed by atoms with E-state index < -0.39 is 38.2 Å². The first-order chi connectivity index (χ1) is 11.0. The Balaban J connectivity index is 2.33. The molecule has 0 fully saturated rings. The molecule has 2 rings (SSSR count). The number of phenolic OH excluding ortho intramolecular Hbond substituents is 1. The minimum atomic E-state index is -4.78. The van der Waals surface area contributed by atoms with Crippen molar-refractivity contribution in [2.24, 2.45) is 0 Å². The highest BCUT2D eigenvalue weighted by atomic mass is 32.2. The van der Waals surface area contributed by atoms with E-state index in [9.17, 15) is 31.1 Å². The van der Waals surface area contributed by atoms with E-state index in [1.54, 1.807) is 0 Å². The van der Waals surface area contributed by atoms with Crippen LogP contribution in [0.25, 0.3) is 0 Å². The molecule has 5 nitrogen and oxygen atoms in total. The highest BCUT2D eigenvalue weighted by molar-refractivity contribution is 7.92. The highest BCUT2D eigenvalue weighted by Gasteiger charge is 2.34. The van der Waals surface area contributed by atoms with Crippen LogP contribution in [0.3, 0.4) is 0 Å². The molecule has 0 bridgehead atoms. The van der Waals surface area contributed by atoms with Gasteiger partial charge in [0.15, 0.2) is 11.6 Å². The summed E-state index contributed by atoms with van der Waals surface area (Å²) in [7, 11) is -3.06. The lowest BCUT2D eigenvalue weighted by molar-refractivity contribution is -0.138. The van der Waals surface area contributed by atoms with Gasteiger partial charge in [-0.2, -0.15) is 13.2 Å². The number of phenols is 1. The Hall–Kier alpha value is -2.49. The average Bonchev–Trinajstić information content (AvgIpc) is 2.45. The second kappa shape index (κ2) is 6.19. The molecule has 2 N–H and O–H groups in total. The zero-order valence-electron chi connectivity index (χ0n) is 12.1. The second-order valence-corrected chi connectivity index (χ2v) is 6.31. The van der Waals surface area contributed by atoms with Crippen LogP contribution < -0.4 is 9.46 Å². The van der Waals surface area contributed by atoms with E-state index in [2.05, 4.69) is 4.74 Å². The minimum absolute atomic E-state index is 0.166. The third-order valence-electron chi connectivity index (χ3n) is 2.99. The van der Waals surface area contributed by atoms with E-state index in [0.29, 0.717) is 18.2 Å². The molecule has 2 aromatic carbocycles. The normalized spacial score (nSPS) is 12.0. The molecular formula is C14H11F4NO4S. The number of alkyl halides is 3. The number of ether oxygens (including phenoxy) is 1. The summed E-state index contributed by atoms with van der Waals surface area (Å²) in [5, 5.41) is 9.38. The number of nitrogens with one attached hydrogen (secondary N) is 1. The van der Waals surface area contributed by atoms with E-state index in [-0.39, 0.29) is 11.4 Å². The summed E-state index contributed by atoms with van der Waals surface area (Å²) >= 11 is 0. The maximum Gasteiger partial charge on any atom is 0.419 e. The van der Waals surface area contributed by atoms with Gasteiger partial charge >= 0.3 is 6.18 Å². The maximum atomic E-state index is 13.6. The quantitative estimate of drug-likeness (QED) is 0.815. The number of anilines is 1. The summed E-state index contributed by atoms with van der Waals surface area (Å²) in [4.78, 5) is -0.458. The van der Waals surface area contributed by atoms with Crippen molar-refractivity contribution in [3.63, 3.8) is 0 Å². The average molecular weight is 365 g/mol. The predicted octanol–water partition coefficient (Wildman–Crippen LogP) is 3.36. The van der Waals surface area contributed by atoms with Gasteiger partial charge in [-0.15, -0.1) is 0 Å². The van der Waals surface area contributed by atoms with Crippen LogP contribution in [0.5, 0.6) is 11.5 Å². The number of hydrogen-bond acceptors (Lipinski definition) is 4. The first kappa shape index (κ1) is 17.9. The molecule has 130 valence electrons. The van der Waals surface area contributed by atoms with E-state index in [1.807, 2.05) is 4.72 Å². The van der Waals surface area contributed by atoms with Crippen LogP contribution in [0, 0.1) is 5.82 Å². The molecule has 0 saturated heterocycles. The Kier molecular flexibility index (Phi) is 4.61. The lowest BCUT2D eigenvalue weighted by atomic mass is 10.2. The number of benzene rings is 2. The molecule has 0 aliphatic heterocycles. The monoisotopic (exact) mass is 365 g/mol. The lowest BCUT2D eigenvalue weighted by Gasteiger charge is -2.12. The molecule has 0 radical (unpaired) electrons. The topological polar surface area (TPSA) is 75.6 Å². The van der Waals surface area contributed by atoms with Gasteiger partial charge < -0.3 is 9.84 Å². The molecule has 24 heavy (non-hydrogen) atoms. The fourth-order valence-corrected chi connectivity index (χ4v) is 2.92. The second-order valence-electron chi connectivity index (χ2n) is 4.63. The van der Waals surface area contributed by atoms with Gasteiger partial charge in [0, 0.05) is 6.07 Å². The van der Waals surface area contributed by atoms with E-state index in [4.69, 9.17) is 0 Å². The molecule has 0 unspecified atom stereocenters. The zero-order valence-corrected chi connectivity index (χ0v) is 12.9. The van der Waals surface area contributed by atoms with Crippen LogP contribution in [0.15, 0.2) is 41.3 Å². The van der Waals surface area contributed by atoms with Crippen LogP contribution >= 0.6 is 0 Å². The van der Waals surface area contributed by atoms with Crippen LogP contribution in [0.2, 0.25) is 0 Å². The van der Waals surface area contributed by atoms with Crippen molar-refractivity contribution in [3.05, 3.63) is 47.8 Å². The Morgan fingerprint density at radius 3 is 2.29 bits per heavy atom. The Morgan fingerprint density at radius 1 is 1.12 bits per heavy atom. The summed E-state index contributed by atoms with van der Waals surface area (Å²) < 4.78 is 82.1. The van der Waals surface area contributed by atoms with Crippen LogP contribution in [-0.4, -0.2) is 20.6 Å². The number of sulfonamides is 1. The van der Waals surface area contributed by atoms with Crippen molar-refractivity contribution in [1.29, 1.82) is 0 Å². The molecule has 10 heteroatoms. The van der Waals surface area contributed by atoms with Gasteiger partial charge in [0.05, 0.1) is 23.3 Å². The molecule has 0 spiro atoms. The predicted molar refractivity (Wildman–Crippen MR) is 76.9 cm³/mol. The molecule has 0 aromatic heterocycles. The van der Waals surface area contributed by atoms with Crippen molar-refractivity contribution < 1.29 is 35.8 Å². The van der Waals surface area contributed by atoms with Crippen molar-refractivity contribution in [1.82, 2.24) is 0 Å². The van der Waals surface area contributed by atoms with Gasteiger partial charge in [-0.1, -0.05) is 0 Å². The minimum Gasteiger partial charge on any atom is -0.507 e. The first-order valence-corrected chi connectivity index (χ1v) is 7.79. The number of aromatic hydroxyl groups is 1. The molecular weight excluding hydrogens is 354 g/mol. The molecule has 2 aromatic rings. The van der Waals surface area contributed by atoms with E-state index in [1.165, 1.54) is 7.11 Å². The fraction of sp³-hybridized carbons (Fsp3) is 0.143. The Bertz CT molecular complexity index is 866. The third kappa shape index (κ3) is 3.70. The zero-order chi connectivity index (χ0) is 18.1. The highest BCUT2D eigenvalue weighted by Crippen LogP contribution is 2.37. The van der Waals surface area contributed by atoms with Crippen LogP contribution in [0.1, 0.15) is 5.56 Å². The molecule has 0 heterocycles. The van der Waals surface area contributed by atoms with Gasteiger partial charge in [0.1, 0.15) is 5.75 Å². The summed E-state index contributed by atoms with van der Waals surface area (Å²) in [6.07, 6.45) is -4.78. The largest absolute Gasteiger partial charge is 0.507 e. The summed E-state index contributed by atoms with van der Waals surface area (Å²) in [5.41, 5.74) is -1.61. The maximum absolute atomic E-state index is 13.6. The summed E-state index contributed by atoms with van der Waals surface area (Å²) in [6.45, 7) is 0. The van der Waals surface area contributed by atoms with Gasteiger partial charge in [-0.05, 0) is 30.3 Å². The first-order valence-electron chi connectivity index (χ1n) is 6.31. The third-order valence-corrected chi connectivity index (χ3v) is 4.37. The molecule has 0 atom stereocenters. The van der Waals surface area contributed by atoms with Gasteiger partial charge in [-0.25, -0.2) is 12.8 Å². The van der Waals surface area contributed by atoms with E-state index >= 15 is 0 Å². The number of rotatable bonds is 4. The molecule has 0 saturated carbocycles. The lowest BCUT2D eigenvalue weighted by Crippen LogP contribution is -2.14. The standard InChI is InChI=1S/C14H11F4NO4S/c1-23-13-5-3-9(7-11(13)15)24(21,22)19-8-2-4-10(12(20)6-8)14(16,17)18/h2-7,19-20H,1H3. The van der Waals surface area contributed by atoms with Gasteiger partial charge in [-0.3, -0.25) is 4.72 Å². The molecule has 0 aliphatic carbocycles. The Morgan fingerprint density at radius 2 is 1.79 bits per heavy atom. The smallest absolute Gasteiger partial charge is 0.419 e.